The number of halogens is 3. The van der Waals surface area contributed by atoms with Crippen molar-refractivity contribution < 1.29 is 138 Å². The van der Waals surface area contributed by atoms with Crippen molar-refractivity contribution in [3.8, 4) is 11.4 Å². The second kappa shape index (κ2) is 27.2. The van der Waals surface area contributed by atoms with Gasteiger partial charge in [0.25, 0.3) is 6.47 Å². The molecule has 0 bridgehead atoms. The van der Waals surface area contributed by atoms with E-state index in [1.54, 1.807) is 48.9 Å². The summed E-state index contributed by atoms with van der Waals surface area (Å²) in [7, 11) is 0. The van der Waals surface area contributed by atoms with E-state index in [4.69, 9.17) is 19.5 Å². The van der Waals surface area contributed by atoms with E-state index < -0.39 is 0 Å². The zero-order chi connectivity index (χ0) is 40.7. The standard InChI is InChI=1S/C18H17BrN4O2S.C15H16BrN3O2.C3H2BrNS.CH2O3.2K.H/c1-2-25-17(24)16-14-11-22(18-20-7-9-26-18)8-6-15(14)23(21-16)13-5-3-4-12(19)10-13;1-2-21-15(20)14-12-9-17-7-6-13(12)19(18-14)11-5-3-4-10(16)8-11;4-3-5-1-2-6-3;2-1-4-3;;;/h3-5,7,9-10H,2,6,8,11H2,1H3;3-5,8,17H,2,6-7,9H2,1H3;1-2H;1,3H;;;/q;;;;2*+1;-1/p-1. The van der Waals surface area contributed by atoms with E-state index in [1.807, 2.05) is 68.7 Å². The van der Waals surface area contributed by atoms with Gasteiger partial charge in [0.15, 0.2) is 20.4 Å². The molecule has 0 fully saturated rings. The van der Waals surface area contributed by atoms with E-state index in [-0.39, 0.29) is 123 Å². The first-order valence-corrected chi connectivity index (χ1v) is 21.5. The maximum Gasteiger partial charge on any atom is 1.00 e. The van der Waals surface area contributed by atoms with Crippen molar-refractivity contribution in [2.24, 2.45) is 0 Å². The Labute approximate surface area is 460 Å². The van der Waals surface area contributed by atoms with Gasteiger partial charge in [-0.1, -0.05) is 44.0 Å². The molecular weight excluding hydrogens is 1050 g/mol. The Balaban J connectivity index is 0.000000327. The average molecular weight is 1090 g/mol. The van der Waals surface area contributed by atoms with Gasteiger partial charge in [-0.05, 0) is 66.2 Å². The molecule has 2 aliphatic rings. The number of nitrogens with zero attached hydrogens (tertiary/aromatic N) is 7. The third-order valence-corrected chi connectivity index (χ3v) is 11.3. The molecule has 0 unspecified atom stereocenters. The van der Waals surface area contributed by atoms with Crippen LogP contribution in [0.3, 0.4) is 0 Å². The van der Waals surface area contributed by atoms with Crippen LogP contribution in [0.5, 0.6) is 0 Å². The average Bonchev–Trinajstić information content (AvgIpc) is 4.06. The molecule has 0 spiro atoms. The van der Waals surface area contributed by atoms with Gasteiger partial charge in [0.05, 0.1) is 36.0 Å². The number of esters is 2. The Kier molecular flexibility index (Phi) is 24.1. The topological polar surface area (TPSA) is 179 Å². The molecule has 15 nitrogen and oxygen atoms in total. The van der Waals surface area contributed by atoms with Crippen LogP contribution < -0.4 is 118 Å². The van der Waals surface area contributed by atoms with Gasteiger partial charge >= 0.3 is 115 Å². The van der Waals surface area contributed by atoms with E-state index in [0.717, 1.165) is 77.8 Å². The summed E-state index contributed by atoms with van der Waals surface area (Å²) < 4.78 is 17.0. The number of ether oxygens (including phenoxy) is 2. The second-order valence-corrected chi connectivity index (χ2v) is 16.5. The molecule has 0 radical (unpaired) electrons. The molecule has 0 amide bonds. The molecule has 6 heterocycles. The third kappa shape index (κ3) is 14.8. The van der Waals surface area contributed by atoms with Gasteiger partial charge in [-0.25, -0.2) is 28.9 Å². The van der Waals surface area contributed by atoms with Gasteiger partial charge in [-0.15, -0.1) is 22.7 Å². The Morgan fingerprint density at radius 1 is 0.847 bits per heavy atom. The van der Waals surface area contributed by atoms with Crippen LogP contribution in [0.4, 0.5) is 5.13 Å². The van der Waals surface area contributed by atoms with Gasteiger partial charge in [0.2, 0.25) is 0 Å². The fourth-order valence-corrected chi connectivity index (χ4v) is 8.12. The number of carbonyl (C=O) groups excluding carboxylic acids is 3. The minimum absolute atomic E-state index is 0. The van der Waals surface area contributed by atoms with E-state index in [0.29, 0.717) is 37.7 Å². The predicted octanol–water partition coefficient (Wildman–Crippen LogP) is 0.749. The number of carbonyl (C=O) groups is 3. The number of thiazole rings is 2. The van der Waals surface area contributed by atoms with Crippen LogP contribution in [0.2, 0.25) is 0 Å². The summed E-state index contributed by atoms with van der Waals surface area (Å²) >= 11 is 13.3. The van der Waals surface area contributed by atoms with E-state index in [1.165, 1.54) is 0 Å². The second-order valence-electron chi connectivity index (χ2n) is 11.7. The summed E-state index contributed by atoms with van der Waals surface area (Å²) in [6.07, 6.45) is 5.18. The zero-order valence-corrected chi connectivity index (χ0v) is 45.2. The van der Waals surface area contributed by atoms with Crippen LogP contribution in [0.15, 0.2) is 84.5 Å². The van der Waals surface area contributed by atoms with Crippen LogP contribution >= 0.6 is 70.5 Å². The Bertz CT molecular complexity index is 2250. The smallest absolute Gasteiger partial charge is 1.00 e. The van der Waals surface area contributed by atoms with Crippen molar-refractivity contribution in [2.45, 2.75) is 39.8 Å². The molecule has 0 atom stereocenters. The molecule has 302 valence electrons. The van der Waals surface area contributed by atoms with Gasteiger partial charge in [0.1, 0.15) is 0 Å². The van der Waals surface area contributed by atoms with Crippen molar-refractivity contribution in [1.82, 2.24) is 34.8 Å². The number of fused-ring (bicyclic) bond motifs is 2. The molecule has 2 aromatic carbocycles. The van der Waals surface area contributed by atoms with Gasteiger partial charge < -0.3 is 31.3 Å². The van der Waals surface area contributed by atoms with Gasteiger partial charge in [-0.3, -0.25) is 4.79 Å². The van der Waals surface area contributed by atoms with Crippen molar-refractivity contribution in [3.05, 3.63) is 118 Å². The SMILES string of the molecule is Brc1nccs1.CCOC(=O)c1nn(-c2cccc(Br)c2)c2c1CN(c1nccs1)CC2.CCOC(=O)c1nn(-c2cccc(Br)c2)c2c1CNCC2.O=CO[O-].[H-].[K+].[K+]. The monoisotopic (exact) mass is 1080 g/mol. The first kappa shape index (κ1) is 52.3. The number of hydrogen-bond donors (Lipinski definition) is 1. The molecule has 2 aliphatic heterocycles. The minimum atomic E-state index is -0.376. The fraction of sp³-hybridized carbons (Fsp3) is 0.270. The number of rotatable bonds is 8. The summed E-state index contributed by atoms with van der Waals surface area (Å²) in [6, 6.07) is 15.8. The number of aromatic nitrogens is 6. The quantitative estimate of drug-likeness (QED) is 0.0744. The van der Waals surface area contributed by atoms with Crippen LogP contribution in [-0.4, -0.2) is 74.2 Å². The number of hydrogen-bond acceptors (Lipinski definition) is 15. The van der Waals surface area contributed by atoms with E-state index in [9.17, 15) is 9.59 Å². The van der Waals surface area contributed by atoms with Crippen LogP contribution in [0.25, 0.3) is 11.4 Å². The summed E-state index contributed by atoms with van der Waals surface area (Å²) in [5, 5.41) is 25.7. The first-order valence-electron chi connectivity index (χ1n) is 17.4. The molecular formula is C37H37Br3K2N8O7S2. The molecule has 4 aromatic heterocycles. The maximum absolute atomic E-state index is 12.5. The predicted molar refractivity (Wildman–Crippen MR) is 225 cm³/mol. The first-order chi connectivity index (χ1) is 27.7. The number of anilines is 1. The van der Waals surface area contributed by atoms with Crippen molar-refractivity contribution in [3.63, 3.8) is 0 Å². The Morgan fingerprint density at radius 2 is 1.39 bits per heavy atom. The van der Waals surface area contributed by atoms with Crippen LogP contribution in [-0.2, 0) is 45.1 Å². The van der Waals surface area contributed by atoms with Crippen molar-refractivity contribution in [1.29, 1.82) is 0 Å². The number of benzene rings is 2. The molecule has 6 aromatic rings. The summed E-state index contributed by atoms with van der Waals surface area (Å²) in [4.78, 5) is 46.3. The largest absolute Gasteiger partial charge is 1.00 e. The summed E-state index contributed by atoms with van der Waals surface area (Å²) in [6.45, 7) is 7.07. The maximum atomic E-state index is 12.5. The van der Waals surface area contributed by atoms with Gasteiger partial charge in [0, 0.05) is 82.2 Å². The summed E-state index contributed by atoms with van der Waals surface area (Å²) in [5.74, 6) is -0.732. The van der Waals surface area contributed by atoms with Crippen molar-refractivity contribution >= 4 is 94.0 Å². The minimum Gasteiger partial charge on any atom is -1.00 e. The molecule has 0 saturated carbocycles. The Morgan fingerprint density at radius 3 is 1.85 bits per heavy atom. The van der Waals surface area contributed by atoms with E-state index >= 15 is 0 Å². The molecule has 1 N–H and O–H groups in total. The molecule has 59 heavy (non-hydrogen) atoms. The van der Waals surface area contributed by atoms with Crippen molar-refractivity contribution in [2.75, 3.05) is 31.2 Å². The molecule has 8 rings (SSSR count). The molecule has 0 aliphatic carbocycles. The van der Waals surface area contributed by atoms with Gasteiger partial charge in [-0.2, -0.15) is 10.2 Å². The van der Waals surface area contributed by atoms with Crippen LogP contribution in [0.1, 0.15) is 58.8 Å². The van der Waals surface area contributed by atoms with E-state index in [2.05, 4.69) is 83.1 Å². The fourth-order valence-electron chi connectivity index (χ4n) is 5.88. The number of nitrogens with one attached hydrogen (secondary N) is 1. The third-order valence-electron chi connectivity index (χ3n) is 8.16. The zero-order valence-electron chi connectivity index (χ0n) is 33.6. The molecule has 22 heteroatoms. The Hall–Kier alpha value is -1.04. The van der Waals surface area contributed by atoms with Crippen LogP contribution in [0, 0.1) is 0 Å². The molecule has 0 saturated heterocycles. The normalized spacial score (nSPS) is 12.1. The summed E-state index contributed by atoms with van der Waals surface area (Å²) in [5.41, 5.74) is 6.67.